The van der Waals surface area contributed by atoms with Gasteiger partial charge in [0.2, 0.25) is 0 Å². The number of carboxylic acid groups (broad SMARTS) is 1. The summed E-state index contributed by atoms with van der Waals surface area (Å²) in [5.74, 6) is -0.940. The third kappa shape index (κ3) is 3.51. The molecule has 3 heteroatoms. The van der Waals surface area contributed by atoms with Gasteiger partial charge in [-0.2, -0.15) is 0 Å². The van der Waals surface area contributed by atoms with Crippen molar-refractivity contribution < 1.29 is 9.90 Å². The molecule has 0 heterocycles. The van der Waals surface area contributed by atoms with Crippen LogP contribution < -0.4 is 5.32 Å². The lowest BCUT2D eigenvalue weighted by atomic mass is 10.0. The molecule has 0 fully saturated rings. The van der Waals surface area contributed by atoms with Gasteiger partial charge in [-0.15, -0.1) is 6.58 Å². The smallest absolute Gasteiger partial charge is 0.321 e. The quantitative estimate of drug-likeness (QED) is 0.720. The first kappa shape index (κ1) is 12.5. The van der Waals surface area contributed by atoms with Crippen molar-refractivity contribution in [2.75, 3.05) is 0 Å². The molecule has 0 aliphatic rings. The number of benzene rings is 1. The minimum Gasteiger partial charge on any atom is -0.480 e. The Morgan fingerprint density at radius 2 is 2.12 bits per heavy atom. The van der Waals surface area contributed by atoms with Crippen LogP contribution in [-0.4, -0.2) is 17.1 Å². The van der Waals surface area contributed by atoms with Crippen molar-refractivity contribution in [3.05, 3.63) is 48.6 Å². The summed E-state index contributed by atoms with van der Waals surface area (Å²) in [5.41, 5.74) is 1.07. The molecule has 2 atom stereocenters. The molecule has 0 aliphatic carbocycles. The van der Waals surface area contributed by atoms with E-state index in [0.29, 0.717) is 6.54 Å². The fourth-order valence-corrected chi connectivity index (χ4v) is 1.46. The molecule has 2 N–H and O–H groups in total. The van der Waals surface area contributed by atoms with Gasteiger partial charge >= 0.3 is 5.97 Å². The average molecular weight is 219 g/mol. The first-order valence-electron chi connectivity index (χ1n) is 5.28. The highest BCUT2D eigenvalue weighted by molar-refractivity contribution is 5.74. The lowest BCUT2D eigenvalue weighted by molar-refractivity contribution is -0.140. The average Bonchev–Trinajstić information content (AvgIpc) is 2.30. The highest BCUT2D eigenvalue weighted by atomic mass is 16.4. The SMILES string of the molecule is C=C[C@H](C)[C@H](NCc1ccccc1)C(=O)O. The van der Waals surface area contributed by atoms with Crippen LogP contribution in [0.15, 0.2) is 43.0 Å². The number of carboxylic acids is 1. The van der Waals surface area contributed by atoms with Crippen LogP contribution in [0.2, 0.25) is 0 Å². The number of aliphatic carboxylic acids is 1. The summed E-state index contributed by atoms with van der Waals surface area (Å²) in [5, 5.41) is 12.1. The molecule has 86 valence electrons. The second kappa shape index (κ2) is 6.08. The molecule has 0 aromatic heterocycles. The number of hydrogen-bond donors (Lipinski definition) is 2. The first-order chi connectivity index (χ1) is 7.65. The zero-order valence-electron chi connectivity index (χ0n) is 9.39. The van der Waals surface area contributed by atoms with Crippen molar-refractivity contribution in [3.8, 4) is 0 Å². The summed E-state index contributed by atoms with van der Waals surface area (Å²) in [6.45, 7) is 6.00. The Morgan fingerprint density at radius 3 is 2.62 bits per heavy atom. The predicted molar refractivity (Wildman–Crippen MR) is 64.1 cm³/mol. The highest BCUT2D eigenvalue weighted by Crippen LogP contribution is 2.06. The normalized spacial score (nSPS) is 14.1. The van der Waals surface area contributed by atoms with E-state index in [1.165, 1.54) is 0 Å². The van der Waals surface area contributed by atoms with Crippen LogP contribution in [-0.2, 0) is 11.3 Å². The van der Waals surface area contributed by atoms with E-state index in [4.69, 9.17) is 5.11 Å². The lowest BCUT2D eigenvalue weighted by Gasteiger charge is -2.18. The number of carbonyl (C=O) groups is 1. The van der Waals surface area contributed by atoms with Crippen LogP contribution in [0.4, 0.5) is 0 Å². The summed E-state index contributed by atoms with van der Waals surface area (Å²) >= 11 is 0. The number of hydrogen-bond acceptors (Lipinski definition) is 2. The number of nitrogens with one attached hydrogen (secondary N) is 1. The van der Waals surface area contributed by atoms with E-state index in [1.54, 1.807) is 6.08 Å². The van der Waals surface area contributed by atoms with Gasteiger partial charge in [0.05, 0.1) is 0 Å². The van der Waals surface area contributed by atoms with Crippen LogP contribution in [0.5, 0.6) is 0 Å². The van der Waals surface area contributed by atoms with Crippen LogP contribution in [0.1, 0.15) is 12.5 Å². The molecule has 1 rings (SSSR count). The van der Waals surface area contributed by atoms with E-state index in [-0.39, 0.29) is 5.92 Å². The van der Waals surface area contributed by atoms with Gasteiger partial charge < -0.3 is 5.11 Å². The Labute approximate surface area is 95.8 Å². The van der Waals surface area contributed by atoms with Crippen LogP contribution in [0.25, 0.3) is 0 Å². The molecule has 0 unspecified atom stereocenters. The first-order valence-corrected chi connectivity index (χ1v) is 5.28. The minimum absolute atomic E-state index is 0.0961. The maximum absolute atomic E-state index is 11.0. The summed E-state index contributed by atoms with van der Waals surface area (Å²) in [6.07, 6.45) is 1.65. The maximum atomic E-state index is 11.0. The summed E-state index contributed by atoms with van der Waals surface area (Å²) in [6, 6.07) is 9.14. The topological polar surface area (TPSA) is 49.3 Å². The van der Waals surface area contributed by atoms with Crippen LogP contribution >= 0.6 is 0 Å². The fourth-order valence-electron chi connectivity index (χ4n) is 1.46. The largest absolute Gasteiger partial charge is 0.480 e. The third-order valence-corrected chi connectivity index (χ3v) is 2.53. The van der Waals surface area contributed by atoms with Crippen molar-refractivity contribution in [1.82, 2.24) is 5.32 Å². The van der Waals surface area contributed by atoms with Gasteiger partial charge in [0.25, 0.3) is 0 Å². The minimum atomic E-state index is -0.844. The van der Waals surface area contributed by atoms with Gasteiger partial charge in [-0.25, -0.2) is 0 Å². The van der Waals surface area contributed by atoms with E-state index in [0.717, 1.165) is 5.56 Å². The Kier molecular flexibility index (Phi) is 4.73. The molecule has 0 radical (unpaired) electrons. The van der Waals surface area contributed by atoms with Gasteiger partial charge in [0, 0.05) is 6.54 Å². The molecule has 0 spiro atoms. The summed E-state index contributed by atoms with van der Waals surface area (Å²) in [4.78, 5) is 11.0. The van der Waals surface area contributed by atoms with E-state index in [9.17, 15) is 4.79 Å². The zero-order valence-corrected chi connectivity index (χ0v) is 9.39. The van der Waals surface area contributed by atoms with Gasteiger partial charge in [0.15, 0.2) is 0 Å². The Balaban J connectivity index is 2.57. The molecule has 0 saturated heterocycles. The van der Waals surface area contributed by atoms with Crippen LogP contribution in [0.3, 0.4) is 0 Å². The Morgan fingerprint density at radius 1 is 1.50 bits per heavy atom. The van der Waals surface area contributed by atoms with E-state index < -0.39 is 12.0 Å². The summed E-state index contributed by atoms with van der Waals surface area (Å²) in [7, 11) is 0. The van der Waals surface area contributed by atoms with Crippen molar-refractivity contribution in [2.45, 2.75) is 19.5 Å². The molecule has 0 bridgehead atoms. The molecule has 0 amide bonds. The fraction of sp³-hybridized carbons (Fsp3) is 0.308. The van der Waals surface area contributed by atoms with Crippen molar-refractivity contribution >= 4 is 5.97 Å². The Hall–Kier alpha value is -1.61. The molecule has 1 aromatic carbocycles. The molecule has 3 nitrogen and oxygen atoms in total. The van der Waals surface area contributed by atoms with Crippen molar-refractivity contribution in [2.24, 2.45) is 5.92 Å². The van der Waals surface area contributed by atoms with Gasteiger partial charge in [-0.3, -0.25) is 10.1 Å². The Bertz CT molecular complexity index is 348. The van der Waals surface area contributed by atoms with Gasteiger partial charge in [-0.05, 0) is 11.5 Å². The standard InChI is InChI=1S/C13H17NO2/c1-3-10(2)12(13(15)16)14-9-11-7-5-4-6-8-11/h3-8,10,12,14H,1,9H2,2H3,(H,15,16)/t10-,12-/m0/s1. The molecule has 16 heavy (non-hydrogen) atoms. The second-order valence-electron chi connectivity index (χ2n) is 3.78. The molecule has 0 saturated carbocycles. The van der Waals surface area contributed by atoms with E-state index in [1.807, 2.05) is 37.3 Å². The van der Waals surface area contributed by atoms with Gasteiger partial charge in [-0.1, -0.05) is 43.3 Å². The van der Waals surface area contributed by atoms with Gasteiger partial charge in [0.1, 0.15) is 6.04 Å². The molecular formula is C13H17NO2. The predicted octanol–water partition coefficient (Wildman–Crippen LogP) is 2.05. The zero-order chi connectivity index (χ0) is 12.0. The third-order valence-electron chi connectivity index (χ3n) is 2.53. The molecule has 0 aliphatic heterocycles. The highest BCUT2D eigenvalue weighted by Gasteiger charge is 2.21. The van der Waals surface area contributed by atoms with Crippen molar-refractivity contribution in [3.63, 3.8) is 0 Å². The lowest BCUT2D eigenvalue weighted by Crippen LogP contribution is -2.40. The van der Waals surface area contributed by atoms with Crippen LogP contribution in [0, 0.1) is 5.92 Å². The maximum Gasteiger partial charge on any atom is 0.321 e. The molecule has 1 aromatic rings. The summed E-state index contributed by atoms with van der Waals surface area (Å²) < 4.78 is 0. The molecular weight excluding hydrogens is 202 g/mol. The van der Waals surface area contributed by atoms with Crippen molar-refractivity contribution in [1.29, 1.82) is 0 Å². The van der Waals surface area contributed by atoms with E-state index in [2.05, 4.69) is 11.9 Å². The van der Waals surface area contributed by atoms with E-state index >= 15 is 0 Å². The number of rotatable bonds is 6. The monoisotopic (exact) mass is 219 g/mol. The second-order valence-corrected chi connectivity index (χ2v) is 3.78.